The quantitative estimate of drug-likeness (QED) is 0.258. The van der Waals surface area contributed by atoms with Crippen molar-refractivity contribution in [2.24, 2.45) is 53.3 Å². The van der Waals surface area contributed by atoms with Gasteiger partial charge in [-0.2, -0.15) is 26.3 Å². The van der Waals surface area contributed by atoms with Crippen molar-refractivity contribution in [2.75, 3.05) is 6.61 Å². The second kappa shape index (κ2) is 8.77. The van der Waals surface area contributed by atoms with Crippen LogP contribution >= 0.6 is 0 Å². The fraction of sp³-hybridized carbons (Fsp3) is 0.963. The van der Waals surface area contributed by atoms with Crippen molar-refractivity contribution in [3.8, 4) is 0 Å². The number of halogens is 6. The zero-order chi connectivity index (χ0) is 26.3. The highest BCUT2D eigenvalue weighted by atomic mass is 19.4. The molecule has 0 aromatic carbocycles. The summed E-state index contributed by atoms with van der Waals surface area (Å²) in [6.07, 6.45) is -5.96. The number of carbonyl (C=O) groups excluding carboxylic acids is 1. The summed E-state index contributed by atoms with van der Waals surface area (Å²) in [4.78, 5) is 12.8. The van der Waals surface area contributed by atoms with Gasteiger partial charge in [0.15, 0.2) is 0 Å². The van der Waals surface area contributed by atoms with Gasteiger partial charge in [0.1, 0.15) is 12.2 Å². The van der Waals surface area contributed by atoms with Crippen LogP contribution in [0.3, 0.4) is 0 Å². The molecule has 0 amide bonds. The summed E-state index contributed by atoms with van der Waals surface area (Å²) in [5, 5.41) is 0. The van der Waals surface area contributed by atoms with Crippen molar-refractivity contribution in [3.63, 3.8) is 0 Å². The van der Waals surface area contributed by atoms with Crippen LogP contribution in [0.2, 0.25) is 0 Å². The third-order valence-electron chi connectivity index (χ3n) is 10.9. The van der Waals surface area contributed by atoms with Gasteiger partial charge in [0, 0.05) is 0 Å². The Bertz CT molecular complexity index is 807. The Morgan fingerprint density at radius 2 is 1.36 bits per heavy atom. The number of hydrogen-bond acceptors (Lipinski definition) is 3. The molecule has 0 aromatic rings. The average Bonchev–Trinajstić information content (AvgIpc) is 3.33. The summed E-state index contributed by atoms with van der Waals surface area (Å²) in [6, 6.07) is 0. The summed E-state index contributed by atoms with van der Waals surface area (Å²) in [5.41, 5.74) is -5.22. The molecular weight excluding hydrogens is 486 g/mol. The number of rotatable bonds is 7. The van der Waals surface area contributed by atoms with E-state index >= 15 is 0 Å². The molecule has 206 valence electrons. The molecule has 6 aliphatic carbocycles. The van der Waals surface area contributed by atoms with Gasteiger partial charge in [0.25, 0.3) is 5.60 Å². The molecule has 6 rings (SSSR count). The van der Waals surface area contributed by atoms with Crippen LogP contribution in [0.1, 0.15) is 78.6 Å². The van der Waals surface area contributed by atoms with Gasteiger partial charge in [-0.3, -0.25) is 0 Å². The van der Waals surface area contributed by atoms with Gasteiger partial charge in [-0.05, 0) is 118 Å². The molecule has 0 saturated heterocycles. The number of ether oxygens (including phenoxy) is 2. The Morgan fingerprint density at radius 3 is 1.83 bits per heavy atom. The van der Waals surface area contributed by atoms with E-state index in [9.17, 15) is 31.1 Å². The molecule has 9 heteroatoms. The topological polar surface area (TPSA) is 35.5 Å². The molecule has 0 heterocycles. The predicted molar refractivity (Wildman–Crippen MR) is 120 cm³/mol. The minimum absolute atomic E-state index is 0.106. The molecule has 6 saturated carbocycles. The van der Waals surface area contributed by atoms with E-state index in [2.05, 4.69) is 0 Å². The molecule has 4 unspecified atom stereocenters. The van der Waals surface area contributed by atoms with E-state index in [0.717, 1.165) is 32.1 Å². The average molecular weight is 525 g/mol. The molecule has 3 nitrogen and oxygen atoms in total. The summed E-state index contributed by atoms with van der Waals surface area (Å²) in [6.45, 7) is 4.40. The first-order valence-corrected chi connectivity index (χ1v) is 13.6. The third kappa shape index (κ3) is 4.27. The molecule has 6 bridgehead atoms. The van der Waals surface area contributed by atoms with Gasteiger partial charge in [0.05, 0.1) is 0 Å². The normalized spacial score (nSPS) is 41.9. The minimum Gasteiger partial charge on any atom is -0.457 e. The lowest BCUT2D eigenvalue weighted by Gasteiger charge is -2.59. The molecule has 0 N–H and O–H groups in total. The largest absolute Gasteiger partial charge is 0.457 e. The first kappa shape index (κ1) is 26.6. The van der Waals surface area contributed by atoms with Crippen LogP contribution in [0.4, 0.5) is 26.3 Å². The van der Waals surface area contributed by atoms with Crippen molar-refractivity contribution in [1.29, 1.82) is 0 Å². The van der Waals surface area contributed by atoms with Crippen molar-refractivity contribution in [1.82, 2.24) is 0 Å². The van der Waals surface area contributed by atoms with Crippen molar-refractivity contribution in [3.05, 3.63) is 0 Å². The lowest BCUT2D eigenvalue weighted by atomic mass is 9.50. The molecule has 6 aliphatic rings. The van der Waals surface area contributed by atoms with Gasteiger partial charge >= 0.3 is 18.3 Å². The van der Waals surface area contributed by atoms with Crippen LogP contribution in [0.5, 0.6) is 0 Å². The molecular formula is C27H38F6O3. The number of hydrogen-bond donors (Lipinski definition) is 0. The fourth-order valence-electron chi connectivity index (χ4n) is 9.28. The van der Waals surface area contributed by atoms with Gasteiger partial charge in [0.2, 0.25) is 0 Å². The van der Waals surface area contributed by atoms with Gasteiger partial charge < -0.3 is 9.47 Å². The minimum atomic E-state index is -5.70. The number of esters is 1. The van der Waals surface area contributed by atoms with Crippen molar-refractivity contribution < 1.29 is 40.6 Å². The molecule has 6 fully saturated rings. The lowest BCUT2D eigenvalue weighted by Crippen LogP contribution is -2.61. The summed E-state index contributed by atoms with van der Waals surface area (Å²) < 4.78 is 95.9. The Hall–Kier alpha value is -0.990. The fourth-order valence-corrected chi connectivity index (χ4v) is 9.28. The second-order valence-electron chi connectivity index (χ2n) is 13.2. The maximum absolute atomic E-state index is 14.2. The van der Waals surface area contributed by atoms with E-state index in [4.69, 9.17) is 9.47 Å². The Morgan fingerprint density at radius 1 is 0.833 bits per heavy atom. The van der Waals surface area contributed by atoms with Gasteiger partial charge in [-0.15, -0.1) is 0 Å². The van der Waals surface area contributed by atoms with Gasteiger partial charge in [-0.25, -0.2) is 4.79 Å². The molecule has 0 spiro atoms. The predicted octanol–water partition coefficient (Wildman–Crippen LogP) is 7.33. The van der Waals surface area contributed by atoms with Crippen molar-refractivity contribution in [2.45, 2.75) is 102 Å². The van der Waals surface area contributed by atoms with Crippen LogP contribution in [-0.4, -0.2) is 36.1 Å². The summed E-state index contributed by atoms with van der Waals surface area (Å²) >= 11 is 0. The summed E-state index contributed by atoms with van der Waals surface area (Å²) in [7, 11) is 0. The highest BCUT2D eigenvalue weighted by molar-refractivity contribution is 5.71. The van der Waals surface area contributed by atoms with E-state index in [1.807, 2.05) is 13.8 Å². The van der Waals surface area contributed by atoms with E-state index in [0.29, 0.717) is 24.7 Å². The number of alkyl halides is 6. The van der Waals surface area contributed by atoms with E-state index in [1.165, 1.54) is 6.42 Å². The maximum Gasteiger partial charge on any atom is 0.426 e. The smallest absolute Gasteiger partial charge is 0.426 e. The molecule has 36 heavy (non-hydrogen) atoms. The molecule has 4 atom stereocenters. The maximum atomic E-state index is 14.2. The highest BCUT2D eigenvalue weighted by Gasteiger charge is 2.73. The van der Waals surface area contributed by atoms with E-state index in [1.54, 1.807) is 6.92 Å². The first-order chi connectivity index (χ1) is 16.6. The van der Waals surface area contributed by atoms with Crippen LogP contribution in [0.25, 0.3) is 0 Å². The Labute approximate surface area is 209 Å². The van der Waals surface area contributed by atoms with Crippen molar-refractivity contribution >= 4 is 5.97 Å². The number of carbonyl (C=O) groups is 1. The Kier molecular flexibility index (Phi) is 6.48. The molecule has 0 aromatic heterocycles. The highest BCUT2D eigenvalue weighted by Crippen LogP contribution is 2.61. The van der Waals surface area contributed by atoms with Crippen LogP contribution in [0, 0.1) is 53.3 Å². The Balaban J connectivity index is 1.32. The van der Waals surface area contributed by atoms with E-state index < -0.39 is 48.5 Å². The lowest BCUT2D eigenvalue weighted by molar-refractivity contribution is -0.385. The zero-order valence-electron chi connectivity index (χ0n) is 21.3. The summed E-state index contributed by atoms with van der Waals surface area (Å²) in [5.74, 6) is -0.195. The molecule has 0 aliphatic heterocycles. The second-order valence-corrected chi connectivity index (χ2v) is 13.2. The van der Waals surface area contributed by atoms with Crippen LogP contribution in [0.15, 0.2) is 0 Å². The van der Waals surface area contributed by atoms with Crippen LogP contribution < -0.4 is 0 Å². The zero-order valence-corrected chi connectivity index (χ0v) is 21.3. The molecule has 0 radical (unpaired) electrons. The third-order valence-corrected chi connectivity index (χ3v) is 10.9. The first-order valence-electron chi connectivity index (χ1n) is 13.6. The van der Waals surface area contributed by atoms with Gasteiger partial charge in [-0.1, -0.05) is 13.8 Å². The van der Waals surface area contributed by atoms with Crippen LogP contribution in [-0.2, 0) is 14.3 Å². The SMILES string of the molecule is CC(C)C1CC2CC(CC(OCC(=O)OC3(C)C4CC5CC(C4)CC3C5)(C(F)(F)F)C(F)(F)F)C1C2. The standard InChI is InChI=1S/C27H38F6O3/c1-14(2)21-10-17-5-18(22(21)11-17)12-25(26(28,29)30,27(31,32)33)35-13-23(34)36-24(3)19-6-15-4-16(8-19)9-20(24)7-15/h14-22H,4-13H2,1-3H3. The van der Waals surface area contributed by atoms with E-state index in [-0.39, 0.29) is 35.5 Å². The number of fused-ring (bicyclic) bond motifs is 2. The monoisotopic (exact) mass is 524 g/mol.